The Kier molecular flexibility index (Phi) is 4.80. The molecule has 0 aromatic heterocycles. The lowest BCUT2D eigenvalue weighted by Gasteiger charge is -2.43. The molecule has 1 spiro atoms. The van der Waals surface area contributed by atoms with E-state index in [0.717, 1.165) is 11.3 Å². The molecule has 2 atom stereocenters. The van der Waals surface area contributed by atoms with Crippen LogP contribution in [0.4, 0.5) is 0 Å². The second-order valence-corrected chi connectivity index (χ2v) is 9.68. The molecule has 1 saturated carbocycles. The van der Waals surface area contributed by atoms with Gasteiger partial charge < -0.3 is 10.5 Å². The Hall–Kier alpha value is -2.82. The number of rotatable bonds is 3. The molecule has 2 aromatic carbocycles. The van der Waals surface area contributed by atoms with Gasteiger partial charge in [0.15, 0.2) is 11.5 Å². The van der Waals surface area contributed by atoms with Gasteiger partial charge in [-0.05, 0) is 48.9 Å². The quantitative estimate of drug-likeness (QED) is 0.799. The first-order valence-corrected chi connectivity index (χ1v) is 11.4. The van der Waals surface area contributed by atoms with Crippen LogP contribution in [-0.2, 0) is 16.8 Å². The van der Waals surface area contributed by atoms with Crippen LogP contribution in [0.1, 0.15) is 68.1 Å². The predicted octanol–water partition coefficient (Wildman–Crippen LogP) is 4.50. The molecule has 2 N–H and O–H groups in total. The van der Waals surface area contributed by atoms with E-state index in [4.69, 9.17) is 15.5 Å². The van der Waals surface area contributed by atoms with E-state index in [2.05, 4.69) is 37.3 Å². The van der Waals surface area contributed by atoms with E-state index in [9.17, 15) is 4.79 Å². The predicted molar refractivity (Wildman–Crippen MR) is 122 cm³/mol. The Labute approximate surface area is 184 Å². The van der Waals surface area contributed by atoms with Crippen LogP contribution in [0, 0.1) is 0 Å². The second kappa shape index (κ2) is 7.40. The number of carbonyl (C=O) groups excluding carboxylic acids is 1. The molecule has 2 aliphatic heterocycles. The van der Waals surface area contributed by atoms with Gasteiger partial charge in [-0.15, -0.1) is 0 Å². The number of carbonyl (C=O) groups is 1. The third-order valence-corrected chi connectivity index (χ3v) is 7.24. The lowest BCUT2D eigenvalue weighted by atomic mass is 9.73. The van der Waals surface area contributed by atoms with Gasteiger partial charge in [0, 0.05) is 25.5 Å². The van der Waals surface area contributed by atoms with Crippen molar-refractivity contribution in [1.29, 1.82) is 0 Å². The highest BCUT2D eigenvalue weighted by Crippen LogP contribution is 2.51. The average molecular weight is 418 g/mol. The Morgan fingerprint density at radius 1 is 1.13 bits per heavy atom. The highest BCUT2D eigenvalue weighted by atomic mass is 16.5. The van der Waals surface area contributed by atoms with Crippen molar-refractivity contribution < 1.29 is 9.53 Å². The van der Waals surface area contributed by atoms with Crippen LogP contribution in [0.3, 0.4) is 0 Å². The largest absolute Gasteiger partial charge is 0.487 e. The van der Waals surface area contributed by atoms with Crippen LogP contribution in [0.5, 0.6) is 5.75 Å². The molecular formula is C26H31N3O2. The number of amides is 1. The maximum atomic E-state index is 13.6. The van der Waals surface area contributed by atoms with E-state index in [-0.39, 0.29) is 11.9 Å². The highest BCUT2D eigenvalue weighted by Gasteiger charge is 2.56. The van der Waals surface area contributed by atoms with Crippen LogP contribution in [0.25, 0.3) is 0 Å². The fourth-order valence-electron chi connectivity index (χ4n) is 5.70. The number of ether oxygens (including phenoxy) is 1. The fraction of sp³-hybridized carbons (Fsp3) is 0.462. The number of nitrogens with zero attached hydrogens (tertiary/aromatic N) is 2. The first-order chi connectivity index (χ1) is 14.9. The van der Waals surface area contributed by atoms with Crippen molar-refractivity contribution in [2.75, 3.05) is 7.05 Å². The molecule has 0 radical (unpaired) electrons. The summed E-state index contributed by atoms with van der Waals surface area (Å²) in [6, 6.07) is 16.7. The number of fused-ring (bicyclic) bond motifs is 2. The number of aliphatic imine (C=N–C) groups is 1. The minimum atomic E-state index is -1.01. The first-order valence-electron chi connectivity index (χ1n) is 11.4. The lowest BCUT2D eigenvalue weighted by Crippen LogP contribution is -2.51. The average Bonchev–Trinajstić information content (AvgIpc) is 2.98. The zero-order valence-electron chi connectivity index (χ0n) is 18.4. The maximum absolute atomic E-state index is 13.6. The molecule has 0 bridgehead atoms. The topological polar surface area (TPSA) is 67.9 Å². The van der Waals surface area contributed by atoms with Gasteiger partial charge in [-0.25, -0.2) is 4.99 Å². The van der Waals surface area contributed by atoms with Gasteiger partial charge in [-0.2, -0.15) is 0 Å². The van der Waals surface area contributed by atoms with Crippen molar-refractivity contribution in [1.82, 2.24) is 4.90 Å². The summed E-state index contributed by atoms with van der Waals surface area (Å²) in [5.74, 6) is 1.52. The highest BCUT2D eigenvalue weighted by molar-refractivity contribution is 6.07. The van der Waals surface area contributed by atoms with E-state index < -0.39 is 11.1 Å². The van der Waals surface area contributed by atoms with E-state index in [1.165, 1.54) is 48.1 Å². The molecule has 1 aliphatic carbocycles. The summed E-state index contributed by atoms with van der Waals surface area (Å²) < 4.78 is 6.59. The monoisotopic (exact) mass is 417 g/mol. The molecule has 162 valence electrons. The van der Waals surface area contributed by atoms with Crippen LogP contribution >= 0.6 is 0 Å². The minimum Gasteiger partial charge on any atom is -0.487 e. The van der Waals surface area contributed by atoms with Crippen molar-refractivity contribution >= 4 is 11.9 Å². The summed E-state index contributed by atoms with van der Waals surface area (Å²) in [5, 5.41) is 0. The standard InChI is InChI=1S/C26H31N3O2/c1-25(16-18-9-5-3-6-10-18)17-26(23(30)29(2)24(27)28-26)21-15-20(13-14-22(21)31-25)19-11-7-4-8-12-19/h3,5-6,9-10,13-15,19H,4,7-8,11-12,16-17H2,1-2H3,(H2,27,28). The van der Waals surface area contributed by atoms with Crippen LogP contribution in [-0.4, -0.2) is 29.4 Å². The molecule has 5 heteroatoms. The molecule has 2 heterocycles. The summed E-state index contributed by atoms with van der Waals surface area (Å²) >= 11 is 0. The molecule has 5 nitrogen and oxygen atoms in total. The van der Waals surface area contributed by atoms with Crippen LogP contribution in [0.2, 0.25) is 0 Å². The number of guanidine groups is 1. The van der Waals surface area contributed by atoms with Crippen molar-refractivity contribution in [3.8, 4) is 5.75 Å². The van der Waals surface area contributed by atoms with Gasteiger partial charge in [0.2, 0.25) is 0 Å². The zero-order valence-corrected chi connectivity index (χ0v) is 18.4. The number of nitrogens with two attached hydrogens (primary N) is 1. The Balaban J connectivity index is 1.59. The number of hydrogen-bond donors (Lipinski definition) is 1. The van der Waals surface area contributed by atoms with E-state index in [0.29, 0.717) is 18.8 Å². The molecule has 1 fully saturated rings. The molecule has 1 amide bonds. The first kappa shape index (κ1) is 20.1. The summed E-state index contributed by atoms with van der Waals surface area (Å²) in [7, 11) is 1.71. The van der Waals surface area contributed by atoms with Crippen LogP contribution in [0.15, 0.2) is 53.5 Å². The van der Waals surface area contributed by atoms with Gasteiger partial charge in [0.25, 0.3) is 5.91 Å². The van der Waals surface area contributed by atoms with Crippen molar-refractivity contribution in [3.05, 3.63) is 65.2 Å². The summed E-state index contributed by atoms with van der Waals surface area (Å²) in [4.78, 5) is 19.8. The van der Waals surface area contributed by atoms with Gasteiger partial charge >= 0.3 is 0 Å². The summed E-state index contributed by atoms with van der Waals surface area (Å²) in [6.45, 7) is 2.08. The SMILES string of the molecule is CN1C(=O)C2(CC(C)(Cc3ccccc3)Oc3ccc(C4CCCCC4)cc32)N=C1N. The van der Waals surface area contributed by atoms with Crippen molar-refractivity contribution in [2.45, 2.75) is 68.9 Å². The Bertz CT molecular complexity index is 1030. The summed E-state index contributed by atoms with van der Waals surface area (Å²) in [5.41, 5.74) is 7.94. The zero-order chi connectivity index (χ0) is 21.6. The molecule has 31 heavy (non-hydrogen) atoms. The van der Waals surface area contributed by atoms with Crippen molar-refractivity contribution in [2.24, 2.45) is 10.7 Å². The Morgan fingerprint density at radius 3 is 2.55 bits per heavy atom. The maximum Gasteiger partial charge on any atom is 0.261 e. The van der Waals surface area contributed by atoms with E-state index in [1.54, 1.807) is 7.05 Å². The van der Waals surface area contributed by atoms with E-state index in [1.807, 2.05) is 18.2 Å². The second-order valence-electron chi connectivity index (χ2n) is 9.68. The van der Waals surface area contributed by atoms with Crippen molar-refractivity contribution in [3.63, 3.8) is 0 Å². The van der Waals surface area contributed by atoms with Gasteiger partial charge in [-0.3, -0.25) is 9.69 Å². The smallest absolute Gasteiger partial charge is 0.261 e. The third-order valence-electron chi connectivity index (χ3n) is 7.24. The fourth-order valence-corrected chi connectivity index (χ4v) is 5.70. The van der Waals surface area contributed by atoms with Gasteiger partial charge in [-0.1, -0.05) is 55.7 Å². The van der Waals surface area contributed by atoms with Crippen LogP contribution < -0.4 is 10.5 Å². The summed E-state index contributed by atoms with van der Waals surface area (Å²) in [6.07, 6.45) is 7.44. The molecular weight excluding hydrogens is 386 g/mol. The Morgan fingerprint density at radius 2 is 1.87 bits per heavy atom. The molecule has 2 aromatic rings. The lowest BCUT2D eigenvalue weighted by molar-refractivity contribution is -0.133. The number of benzene rings is 2. The molecule has 5 rings (SSSR count). The van der Waals surface area contributed by atoms with Gasteiger partial charge in [0.1, 0.15) is 11.4 Å². The molecule has 3 aliphatic rings. The normalized spacial score (nSPS) is 28.4. The molecule has 2 unspecified atom stereocenters. The third kappa shape index (κ3) is 3.40. The van der Waals surface area contributed by atoms with Gasteiger partial charge in [0.05, 0.1) is 0 Å². The minimum absolute atomic E-state index is 0.0605. The molecule has 0 saturated heterocycles. The van der Waals surface area contributed by atoms with E-state index >= 15 is 0 Å². The number of hydrogen-bond acceptors (Lipinski definition) is 4. The number of likely N-dealkylation sites (N-methyl/N-ethyl adjacent to an activating group) is 1.